The first-order valence-electron chi connectivity index (χ1n) is 9.60. The monoisotopic (exact) mass is 377 g/mol. The lowest BCUT2D eigenvalue weighted by atomic mass is 9.87. The number of carbonyl (C=O) groups excluding carboxylic acids is 2. The van der Waals surface area contributed by atoms with Gasteiger partial charge in [0.25, 0.3) is 5.91 Å². The lowest BCUT2D eigenvalue weighted by Gasteiger charge is -2.18. The minimum atomic E-state index is -0.242. The van der Waals surface area contributed by atoms with Crippen molar-refractivity contribution in [3.63, 3.8) is 0 Å². The topological polar surface area (TPSA) is 70.6 Å². The fourth-order valence-electron chi connectivity index (χ4n) is 2.77. The van der Waals surface area contributed by atoms with Crippen molar-refractivity contribution in [2.24, 2.45) is 11.0 Å². The molecule has 0 atom stereocenters. The molecule has 2 aromatic carbocycles. The minimum absolute atomic E-state index is 0.0496. The Hall–Kier alpha value is -2.95. The Kier molecular flexibility index (Phi) is 5.63. The van der Waals surface area contributed by atoms with Gasteiger partial charge in [-0.25, -0.2) is 5.43 Å². The van der Waals surface area contributed by atoms with Gasteiger partial charge in [-0.2, -0.15) is 5.10 Å². The zero-order chi connectivity index (χ0) is 20.3. The number of hydrogen-bond acceptors (Lipinski definition) is 3. The van der Waals surface area contributed by atoms with Crippen LogP contribution in [-0.2, 0) is 10.2 Å². The molecule has 1 aliphatic rings. The van der Waals surface area contributed by atoms with Crippen molar-refractivity contribution in [1.82, 2.24) is 5.43 Å². The van der Waals surface area contributed by atoms with Crippen molar-refractivity contribution < 1.29 is 9.59 Å². The highest BCUT2D eigenvalue weighted by Crippen LogP contribution is 2.30. The van der Waals surface area contributed by atoms with Crippen molar-refractivity contribution in [1.29, 1.82) is 0 Å². The number of nitrogens with zero attached hydrogens (tertiary/aromatic N) is 1. The summed E-state index contributed by atoms with van der Waals surface area (Å²) in [4.78, 5) is 24.1. The molecule has 146 valence electrons. The third-order valence-corrected chi connectivity index (χ3v) is 4.86. The van der Waals surface area contributed by atoms with E-state index in [0.717, 1.165) is 24.1 Å². The summed E-state index contributed by atoms with van der Waals surface area (Å²) in [7, 11) is 0. The van der Waals surface area contributed by atoms with Crippen molar-refractivity contribution in [3.05, 3.63) is 65.2 Å². The van der Waals surface area contributed by atoms with Gasteiger partial charge in [-0.3, -0.25) is 9.59 Å². The predicted octanol–water partition coefficient (Wildman–Crippen LogP) is 4.49. The summed E-state index contributed by atoms with van der Waals surface area (Å²) in [5.41, 5.74) is 6.76. The Bertz CT molecular complexity index is 887. The molecule has 0 bridgehead atoms. The molecule has 0 heterocycles. The molecule has 2 amide bonds. The van der Waals surface area contributed by atoms with Crippen molar-refractivity contribution >= 4 is 23.2 Å². The van der Waals surface area contributed by atoms with Gasteiger partial charge in [0.1, 0.15) is 0 Å². The Labute approximate surface area is 166 Å². The Morgan fingerprint density at radius 1 is 0.929 bits per heavy atom. The highest BCUT2D eigenvalue weighted by atomic mass is 16.2. The van der Waals surface area contributed by atoms with E-state index in [9.17, 15) is 9.59 Å². The van der Waals surface area contributed by atoms with Crippen LogP contribution in [0.25, 0.3) is 0 Å². The summed E-state index contributed by atoms with van der Waals surface area (Å²) < 4.78 is 0. The van der Waals surface area contributed by atoms with Crippen LogP contribution in [0.3, 0.4) is 0 Å². The van der Waals surface area contributed by atoms with E-state index in [0.29, 0.717) is 11.3 Å². The van der Waals surface area contributed by atoms with Crippen molar-refractivity contribution in [2.45, 2.75) is 46.0 Å². The number of carbonyl (C=O) groups is 2. The van der Waals surface area contributed by atoms with Gasteiger partial charge in [0.05, 0.1) is 5.71 Å². The van der Waals surface area contributed by atoms with Crippen LogP contribution in [0.2, 0.25) is 0 Å². The third-order valence-electron chi connectivity index (χ3n) is 4.86. The molecule has 2 aromatic rings. The lowest BCUT2D eigenvalue weighted by molar-refractivity contribution is -0.117. The SMILES string of the molecule is C/C(=N/NC(=O)c1ccc(C(C)(C)C)cc1)c1ccc(NC(=O)C2CC2)cc1. The van der Waals surface area contributed by atoms with Crippen LogP contribution in [0.4, 0.5) is 5.69 Å². The molecular weight excluding hydrogens is 350 g/mol. The highest BCUT2D eigenvalue weighted by molar-refractivity contribution is 6.01. The molecule has 28 heavy (non-hydrogen) atoms. The van der Waals surface area contributed by atoms with Crippen LogP contribution < -0.4 is 10.7 Å². The van der Waals surface area contributed by atoms with Gasteiger partial charge < -0.3 is 5.32 Å². The van der Waals surface area contributed by atoms with Gasteiger partial charge >= 0.3 is 0 Å². The second kappa shape index (κ2) is 7.97. The number of anilines is 1. The maximum absolute atomic E-state index is 12.3. The predicted molar refractivity (Wildman–Crippen MR) is 113 cm³/mol. The first-order chi connectivity index (χ1) is 13.2. The zero-order valence-corrected chi connectivity index (χ0v) is 16.9. The maximum atomic E-state index is 12.3. The minimum Gasteiger partial charge on any atom is -0.326 e. The van der Waals surface area contributed by atoms with Crippen LogP contribution in [0.1, 0.15) is 62.0 Å². The molecule has 1 saturated carbocycles. The van der Waals surface area contributed by atoms with Gasteiger partial charge in [-0.05, 0) is 60.6 Å². The fraction of sp³-hybridized carbons (Fsp3) is 0.348. The number of amides is 2. The lowest BCUT2D eigenvalue weighted by Crippen LogP contribution is -2.20. The molecule has 1 aliphatic carbocycles. The number of hydrogen-bond donors (Lipinski definition) is 2. The standard InChI is InChI=1S/C23H27N3O2/c1-15(16-9-13-20(14-10-16)24-21(27)17-5-6-17)25-26-22(28)18-7-11-19(12-8-18)23(2,3)4/h7-14,17H,5-6H2,1-4H3,(H,24,27)(H,26,28)/b25-15-. The molecule has 0 aliphatic heterocycles. The molecule has 5 nitrogen and oxygen atoms in total. The normalized spacial score (nSPS) is 14.5. The van der Waals surface area contributed by atoms with E-state index in [1.807, 2.05) is 55.5 Å². The number of rotatable bonds is 5. The Balaban J connectivity index is 1.60. The summed E-state index contributed by atoms with van der Waals surface area (Å²) in [6, 6.07) is 15.0. The van der Waals surface area contributed by atoms with Crippen LogP contribution in [0.15, 0.2) is 53.6 Å². The largest absolute Gasteiger partial charge is 0.326 e. The summed E-state index contributed by atoms with van der Waals surface area (Å²) >= 11 is 0. The van der Waals surface area contributed by atoms with E-state index in [2.05, 4.69) is 36.6 Å². The first kappa shape index (κ1) is 19.8. The van der Waals surface area contributed by atoms with Crippen LogP contribution >= 0.6 is 0 Å². The Morgan fingerprint density at radius 3 is 2.04 bits per heavy atom. The molecule has 2 N–H and O–H groups in total. The molecule has 0 radical (unpaired) electrons. The van der Waals surface area contributed by atoms with Gasteiger partial charge in [0.2, 0.25) is 5.91 Å². The van der Waals surface area contributed by atoms with Crippen LogP contribution in [0.5, 0.6) is 0 Å². The quantitative estimate of drug-likeness (QED) is 0.595. The molecule has 5 heteroatoms. The number of nitrogens with one attached hydrogen (secondary N) is 2. The zero-order valence-electron chi connectivity index (χ0n) is 16.9. The summed E-state index contributed by atoms with van der Waals surface area (Å²) in [6.07, 6.45) is 1.96. The van der Waals surface area contributed by atoms with E-state index >= 15 is 0 Å². The molecule has 3 rings (SSSR count). The van der Waals surface area contributed by atoms with E-state index < -0.39 is 0 Å². The molecule has 0 spiro atoms. The van der Waals surface area contributed by atoms with Gasteiger partial charge in [-0.15, -0.1) is 0 Å². The molecule has 0 aromatic heterocycles. The van der Waals surface area contributed by atoms with Crippen LogP contribution in [0, 0.1) is 5.92 Å². The van der Waals surface area contributed by atoms with E-state index in [1.54, 1.807) is 0 Å². The van der Waals surface area contributed by atoms with Gasteiger partial charge in [-0.1, -0.05) is 45.0 Å². The first-order valence-corrected chi connectivity index (χ1v) is 9.60. The number of hydrazone groups is 1. The summed E-state index contributed by atoms with van der Waals surface area (Å²) in [6.45, 7) is 8.25. The molecular formula is C23H27N3O2. The molecule has 0 unspecified atom stereocenters. The van der Waals surface area contributed by atoms with E-state index in [4.69, 9.17) is 0 Å². The van der Waals surface area contributed by atoms with Crippen molar-refractivity contribution in [2.75, 3.05) is 5.32 Å². The fourth-order valence-corrected chi connectivity index (χ4v) is 2.77. The third kappa shape index (κ3) is 5.06. The average molecular weight is 377 g/mol. The average Bonchev–Trinajstić information content (AvgIpc) is 3.51. The van der Waals surface area contributed by atoms with E-state index in [-0.39, 0.29) is 23.1 Å². The second-order valence-corrected chi connectivity index (χ2v) is 8.31. The van der Waals surface area contributed by atoms with Crippen molar-refractivity contribution in [3.8, 4) is 0 Å². The molecule has 1 fully saturated rings. The number of benzene rings is 2. The second-order valence-electron chi connectivity index (χ2n) is 8.31. The smallest absolute Gasteiger partial charge is 0.271 e. The highest BCUT2D eigenvalue weighted by Gasteiger charge is 2.29. The summed E-state index contributed by atoms with van der Waals surface area (Å²) in [5.74, 6) is 0.0201. The Morgan fingerprint density at radius 2 is 1.50 bits per heavy atom. The van der Waals surface area contributed by atoms with Crippen LogP contribution in [-0.4, -0.2) is 17.5 Å². The molecule has 0 saturated heterocycles. The maximum Gasteiger partial charge on any atom is 0.271 e. The van der Waals surface area contributed by atoms with Gasteiger partial charge in [0.15, 0.2) is 0 Å². The summed E-state index contributed by atoms with van der Waals surface area (Å²) in [5, 5.41) is 7.11. The van der Waals surface area contributed by atoms with E-state index in [1.165, 1.54) is 5.56 Å². The van der Waals surface area contributed by atoms with Gasteiger partial charge in [0, 0.05) is 17.2 Å².